The average Bonchev–Trinajstić information content (AvgIpc) is 3.13. The standard InChI is InChI=1S/C23H19ClF2N2O4/c24-16-5-3-15(4-6-16)23(25,26)19(29)9-2-13-1-7-17-14(11-13)12-28(22(17)32)18-8-10-20(30)27-21(18)31/h1,3-7,11,18H,2,8-10,12H2,(H,27,30,31)/t18-/m1/s1/i2D,8D2,18D/t2?,18-. The van der Waals surface area contributed by atoms with Gasteiger partial charge in [0.05, 0.1) is 1.37 Å². The van der Waals surface area contributed by atoms with Crippen molar-refractivity contribution in [2.24, 2.45) is 0 Å². The Morgan fingerprint density at radius 2 is 1.97 bits per heavy atom. The van der Waals surface area contributed by atoms with Crippen molar-refractivity contribution >= 4 is 35.1 Å². The van der Waals surface area contributed by atoms with E-state index in [9.17, 15) is 28.0 Å². The predicted octanol–water partition coefficient (Wildman–Crippen LogP) is 3.39. The molecule has 166 valence electrons. The van der Waals surface area contributed by atoms with Crippen molar-refractivity contribution in [3.8, 4) is 0 Å². The number of piperidine rings is 1. The highest BCUT2D eigenvalue weighted by Gasteiger charge is 2.41. The molecule has 1 N–H and O–H groups in total. The molecule has 0 aliphatic carbocycles. The van der Waals surface area contributed by atoms with Crippen LogP contribution in [0, 0.1) is 0 Å². The number of halogens is 3. The van der Waals surface area contributed by atoms with E-state index in [1.807, 2.05) is 5.32 Å². The summed E-state index contributed by atoms with van der Waals surface area (Å²) in [6, 6.07) is 5.70. The van der Waals surface area contributed by atoms with Gasteiger partial charge in [-0.1, -0.05) is 35.9 Å². The van der Waals surface area contributed by atoms with E-state index in [4.69, 9.17) is 17.1 Å². The minimum atomic E-state index is -3.84. The van der Waals surface area contributed by atoms with Crippen molar-refractivity contribution in [2.75, 3.05) is 0 Å². The summed E-state index contributed by atoms with van der Waals surface area (Å²) >= 11 is 5.70. The number of rotatable bonds is 6. The number of nitrogens with zero attached hydrogens (tertiary/aromatic N) is 1. The fourth-order valence-electron chi connectivity index (χ4n) is 3.50. The number of Topliss-reactive ketones (excluding diaryl/α,β-unsaturated/α-hetero) is 1. The predicted molar refractivity (Wildman–Crippen MR) is 111 cm³/mol. The SMILES string of the molecule is [2H]C(CC(=O)C(F)(F)c1ccc(Cl)cc1)c1ccc2c(c1)CN([C@@]1([2H])C(=O)NC(=O)CC1([2H])[2H])C2=O. The Balaban J connectivity index is 1.55. The van der Waals surface area contributed by atoms with Crippen LogP contribution in [0.15, 0.2) is 42.5 Å². The summed E-state index contributed by atoms with van der Waals surface area (Å²) in [5.74, 6) is -8.34. The number of ketones is 1. The van der Waals surface area contributed by atoms with E-state index in [0.717, 1.165) is 12.1 Å². The Morgan fingerprint density at radius 3 is 2.66 bits per heavy atom. The molecule has 2 aliphatic rings. The minimum Gasteiger partial charge on any atom is -0.322 e. The van der Waals surface area contributed by atoms with Gasteiger partial charge >= 0.3 is 5.92 Å². The molecule has 1 fully saturated rings. The summed E-state index contributed by atoms with van der Waals surface area (Å²) in [4.78, 5) is 50.1. The van der Waals surface area contributed by atoms with Gasteiger partial charge in [-0.2, -0.15) is 8.78 Å². The van der Waals surface area contributed by atoms with Crippen LogP contribution in [0.4, 0.5) is 8.78 Å². The molecule has 0 spiro atoms. The number of benzene rings is 2. The summed E-state index contributed by atoms with van der Waals surface area (Å²) in [5.41, 5.74) is -0.137. The van der Waals surface area contributed by atoms with Crippen molar-refractivity contribution < 1.29 is 33.4 Å². The van der Waals surface area contributed by atoms with Gasteiger partial charge in [0.15, 0.2) is 0 Å². The molecule has 4 rings (SSSR count). The third kappa shape index (κ3) is 4.14. The fraction of sp³-hybridized carbons (Fsp3) is 0.304. The van der Waals surface area contributed by atoms with Crippen molar-refractivity contribution in [3.63, 3.8) is 0 Å². The lowest BCUT2D eigenvalue weighted by Crippen LogP contribution is -2.52. The monoisotopic (exact) mass is 464 g/mol. The largest absolute Gasteiger partial charge is 0.330 e. The first-order valence-corrected chi connectivity index (χ1v) is 9.95. The van der Waals surface area contributed by atoms with E-state index in [-0.39, 0.29) is 28.3 Å². The van der Waals surface area contributed by atoms with Gasteiger partial charge in [-0.05, 0) is 42.1 Å². The number of fused-ring (bicyclic) bond motifs is 1. The summed E-state index contributed by atoms with van der Waals surface area (Å²) in [5, 5.41) is 2.11. The Morgan fingerprint density at radius 1 is 1.25 bits per heavy atom. The van der Waals surface area contributed by atoms with Crippen molar-refractivity contribution in [1.82, 2.24) is 10.2 Å². The molecule has 0 radical (unpaired) electrons. The maximum atomic E-state index is 14.6. The molecule has 0 aromatic heterocycles. The first-order valence-electron chi connectivity index (χ1n) is 11.6. The molecule has 9 heteroatoms. The van der Waals surface area contributed by atoms with Crippen LogP contribution < -0.4 is 5.32 Å². The molecule has 1 saturated heterocycles. The number of amides is 3. The first kappa shape index (κ1) is 17.4. The van der Waals surface area contributed by atoms with Crippen molar-refractivity contribution in [3.05, 3.63) is 69.7 Å². The van der Waals surface area contributed by atoms with E-state index >= 15 is 0 Å². The fourth-order valence-corrected chi connectivity index (χ4v) is 3.63. The number of hydrogen-bond acceptors (Lipinski definition) is 4. The minimum absolute atomic E-state index is 0.0379. The number of aryl methyl sites for hydroxylation is 1. The Kier molecular flexibility index (Phi) is 4.59. The van der Waals surface area contributed by atoms with Crippen molar-refractivity contribution in [1.29, 1.82) is 0 Å². The number of nitrogens with one attached hydrogen (secondary N) is 1. The van der Waals surface area contributed by atoms with Crippen LogP contribution in [0.5, 0.6) is 0 Å². The van der Waals surface area contributed by atoms with E-state index < -0.39 is 66.6 Å². The zero-order chi connectivity index (χ0) is 26.6. The molecule has 2 aliphatic heterocycles. The molecule has 2 heterocycles. The molecular formula is C23H19ClF2N2O4. The van der Waals surface area contributed by atoms with Crippen LogP contribution in [0.25, 0.3) is 0 Å². The lowest BCUT2D eigenvalue weighted by Gasteiger charge is -2.29. The molecule has 2 aromatic carbocycles. The Labute approximate surface area is 193 Å². The van der Waals surface area contributed by atoms with Crippen molar-refractivity contribution in [2.45, 2.75) is 44.1 Å². The van der Waals surface area contributed by atoms with Gasteiger partial charge in [-0.25, -0.2) is 0 Å². The van der Waals surface area contributed by atoms with Crippen LogP contribution in [0.2, 0.25) is 5.02 Å². The molecule has 32 heavy (non-hydrogen) atoms. The summed E-state index contributed by atoms with van der Waals surface area (Å²) in [7, 11) is 0. The van der Waals surface area contributed by atoms with Gasteiger partial charge in [0, 0.05) is 39.6 Å². The summed E-state index contributed by atoms with van der Waals surface area (Å²) < 4.78 is 62.2. The zero-order valence-corrected chi connectivity index (χ0v) is 17.2. The lowest BCUT2D eigenvalue weighted by atomic mass is 9.97. The smallest absolute Gasteiger partial charge is 0.322 e. The second kappa shape index (κ2) is 8.43. The van der Waals surface area contributed by atoms with Gasteiger partial charge in [0.2, 0.25) is 17.6 Å². The second-order valence-corrected chi connectivity index (χ2v) is 7.74. The molecule has 6 nitrogen and oxygen atoms in total. The average molecular weight is 465 g/mol. The molecule has 0 saturated carbocycles. The highest BCUT2D eigenvalue weighted by molar-refractivity contribution is 6.30. The lowest BCUT2D eigenvalue weighted by molar-refractivity contribution is -0.144. The Bertz CT molecular complexity index is 1290. The number of alkyl halides is 2. The molecule has 0 bridgehead atoms. The van der Waals surface area contributed by atoms with Gasteiger partial charge in [0.1, 0.15) is 6.02 Å². The van der Waals surface area contributed by atoms with E-state index in [0.29, 0.717) is 4.90 Å². The maximum absolute atomic E-state index is 14.6. The van der Waals surface area contributed by atoms with Crippen LogP contribution in [0.3, 0.4) is 0 Å². The highest BCUT2D eigenvalue weighted by Crippen LogP contribution is 2.32. The van der Waals surface area contributed by atoms with E-state index in [1.54, 1.807) is 0 Å². The quantitative estimate of drug-likeness (QED) is 0.664. The topological polar surface area (TPSA) is 83.6 Å². The second-order valence-electron chi connectivity index (χ2n) is 7.30. The normalized spacial score (nSPS) is 25.2. The molecule has 1 unspecified atom stereocenters. The van der Waals surface area contributed by atoms with Crippen LogP contribution >= 0.6 is 11.6 Å². The first-order chi connectivity index (χ1) is 16.7. The van der Waals surface area contributed by atoms with Crippen LogP contribution in [-0.4, -0.2) is 34.4 Å². The number of hydrogen-bond donors (Lipinski definition) is 1. The third-order valence-electron chi connectivity index (χ3n) is 5.17. The van der Waals surface area contributed by atoms with E-state index in [1.165, 1.54) is 30.3 Å². The Hall–Kier alpha value is -3.13. The van der Waals surface area contributed by atoms with Gasteiger partial charge in [-0.3, -0.25) is 24.5 Å². The van der Waals surface area contributed by atoms with Gasteiger partial charge < -0.3 is 4.90 Å². The zero-order valence-electron chi connectivity index (χ0n) is 20.5. The van der Waals surface area contributed by atoms with Gasteiger partial charge in [0.25, 0.3) is 5.91 Å². The molecular weight excluding hydrogens is 442 g/mol. The third-order valence-corrected chi connectivity index (χ3v) is 5.42. The van der Waals surface area contributed by atoms with Crippen LogP contribution in [-0.2, 0) is 33.2 Å². The van der Waals surface area contributed by atoms with Gasteiger partial charge in [-0.15, -0.1) is 0 Å². The number of imide groups is 1. The highest BCUT2D eigenvalue weighted by atomic mass is 35.5. The van der Waals surface area contributed by atoms with E-state index in [2.05, 4.69) is 0 Å². The van der Waals surface area contributed by atoms with Crippen LogP contribution in [0.1, 0.15) is 51.7 Å². The number of carbonyl (C=O) groups is 4. The molecule has 2 atom stereocenters. The maximum Gasteiger partial charge on any atom is 0.330 e. The molecule has 2 aromatic rings. The molecule has 3 amide bonds. The summed E-state index contributed by atoms with van der Waals surface area (Å²) in [6.07, 6.45) is -5.71. The number of carbonyl (C=O) groups excluding carboxylic acids is 4. The summed E-state index contributed by atoms with van der Waals surface area (Å²) in [6.45, 7) is -0.381.